The van der Waals surface area contributed by atoms with E-state index in [1.165, 1.54) is 7.11 Å². The molecule has 4 rings (SSSR count). The third-order valence-electron chi connectivity index (χ3n) is 4.84. The van der Waals surface area contributed by atoms with Crippen molar-refractivity contribution >= 4 is 16.8 Å². The number of hydrogen-bond donors (Lipinski definition) is 1. The molecule has 1 aromatic heterocycles. The normalized spacial score (nSPS) is 10.7. The minimum atomic E-state index is -0.222. The lowest BCUT2D eigenvalue weighted by atomic mass is 10.1. The van der Waals surface area contributed by atoms with Gasteiger partial charge in [0.2, 0.25) is 0 Å². The molecule has 0 aliphatic carbocycles. The van der Waals surface area contributed by atoms with Crippen molar-refractivity contribution in [3.05, 3.63) is 106 Å². The molecule has 0 spiro atoms. The Kier molecular flexibility index (Phi) is 5.57. The predicted octanol–water partition coefficient (Wildman–Crippen LogP) is 3.77. The standard InChI is InChI=1S/C24H21N3O3/c1-30-21-14-8-6-12-19(21)24(29)27(15-17-9-3-2-4-10-17)16-22-25-20-13-7-5-11-18(20)23(28)26-22/h2-14H,15-16H2,1H3,(H,25,26,28). The number of nitrogens with zero attached hydrogens (tertiary/aromatic N) is 2. The number of amides is 1. The fourth-order valence-corrected chi connectivity index (χ4v) is 3.39. The van der Waals surface area contributed by atoms with Gasteiger partial charge in [-0.2, -0.15) is 0 Å². The maximum atomic E-state index is 13.4. The summed E-state index contributed by atoms with van der Waals surface area (Å²) in [6.45, 7) is 0.528. The molecule has 0 radical (unpaired) electrons. The molecule has 0 unspecified atom stereocenters. The first-order valence-electron chi connectivity index (χ1n) is 9.60. The summed E-state index contributed by atoms with van der Waals surface area (Å²) in [6, 6.07) is 24.0. The SMILES string of the molecule is COc1ccccc1C(=O)N(Cc1ccccc1)Cc1nc2ccccc2c(=O)[nH]1. The van der Waals surface area contributed by atoms with Crippen LogP contribution in [0, 0.1) is 0 Å². The first kappa shape index (κ1) is 19.4. The average molecular weight is 399 g/mol. The summed E-state index contributed by atoms with van der Waals surface area (Å²) >= 11 is 0. The largest absolute Gasteiger partial charge is 0.496 e. The lowest BCUT2D eigenvalue weighted by Crippen LogP contribution is -2.32. The lowest BCUT2D eigenvalue weighted by molar-refractivity contribution is 0.0722. The van der Waals surface area contributed by atoms with Crippen molar-refractivity contribution in [3.63, 3.8) is 0 Å². The van der Waals surface area contributed by atoms with Crippen molar-refractivity contribution in [2.24, 2.45) is 0 Å². The van der Waals surface area contributed by atoms with E-state index in [0.29, 0.717) is 34.6 Å². The van der Waals surface area contributed by atoms with Gasteiger partial charge in [0.15, 0.2) is 0 Å². The number of para-hydroxylation sites is 2. The zero-order chi connectivity index (χ0) is 20.9. The summed E-state index contributed by atoms with van der Waals surface area (Å²) in [5, 5.41) is 0.520. The summed E-state index contributed by atoms with van der Waals surface area (Å²) in [6.07, 6.45) is 0. The van der Waals surface area contributed by atoms with Gasteiger partial charge in [-0.05, 0) is 29.8 Å². The Bertz CT molecular complexity index is 1240. The Morgan fingerprint density at radius 3 is 2.43 bits per heavy atom. The van der Waals surface area contributed by atoms with Crippen molar-refractivity contribution < 1.29 is 9.53 Å². The number of carbonyl (C=O) groups is 1. The molecular formula is C24H21N3O3. The number of hydrogen-bond acceptors (Lipinski definition) is 4. The fraction of sp³-hybridized carbons (Fsp3) is 0.125. The summed E-state index contributed by atoms with van der Waals surface area (Å²) in [5.41, 5.74) is 1.81. The van der Waals surface area contributed by atoms with Crippen LogP contribution in [0.25, 0.3) is 10.9 Å². The van der Waals surface area contributed by atoms with Crippen molar-refractivity contribution in [2.75, 3.05) is 7.11 Å². The predicted molar refractivity (Wildman–Crippen MR) is 115 cm³/mol. The van der Waals surface area contributed by atoms with E-state index in [0.717, 1.165) is 5.56 Å². The van der Waals surface area contributed by atoms with Gasteiger partial charge in [-0.25, -0.2) is 4.98 Å². The van der Waals surface area contributed by atoms with Gasteiger partial charge in [-0.15, -0.1) is 0 Å². The number of nitrogens with one attached hydrogen (secondary N) is 1. The Morgan fingerprint density at radius 1 is 0.933 bits per heavy atom. The van der Waals surface area contributed by atoms with E-state index < -0.39 is 0 Å². The van der Waals surface area contributed by atoms with E-state index >= 15 is 0 Å². The summed E-state index contributed by atoms with van der Waals surface area (Å²) in [7, 11) is 1.54. The highest BCUT2D eigenvalue weighted by molar-refractivity contribution is 5.96. The smallest absolute Gasteiger partial charge is 0.258 e. The van der Waals surface area contributed by atoms with Crippen LogP contribution in [0.5, 0.6) is 5.75 Å². The second-order valence-electron chi connectivity index (χ2n) is 6.88. The monoisotopic (exact) mass is 399 g/mol. The number of rotatable bonds is 6. The van der Waals surface area contributed by atoms with E-state index in [1.54, 1.807) is 41.3 Å². The molecule has 6 nitrogen and oxygen atoms in total. The van der Waals surface area contributed by atoms with E-state index in [-0.39, 0.29) is 18.0 Å². The number of aromatic amines is 1. The molecule has 1 N–H and O–H groups in total. The zero-order valence-corrected chi connectivity index (χ0v) is 16.5. The van der Waals surface area contributed by atoms with Gasteiger partial charge in [0.05, 0.1) is 30.1 Å². The molecule has 4 aromatic rings. The van der Waals surface area contributed by atoms with Crippen molar-refractivity contribution in [3.8, 4) is 5.75 Å². The molecule has 0 atom stereocenters. The number of ether oxygens (including phenoxy) is 1. The van der Waals surface area contributed by atoms with E-state index in [2.05, 4.69) is 9.97 Å². The number of benzene rings is 3. The second-order valence-corrected chi connectivity index (χ2v) is 6.88. The van der Waals surface area contributed by atoms with Crippen LogP contribution >= 0.6 is 0 Å². The Balaban J connectivity index is 1.72. The molecule has 0 fully saturated rings. The molecule has 150 valence electrons. The van der Waals surface area contributed by atoms with Crippen LogP contribution in [-0.4, -0.2) is 27.9 Å². The van der Waals surface area contributed by atoms with Gasteiger partial charge in [0.1, 0.15) is 11.6 Å². The summed E-state index contributed by atoms with van der Waals surface area (Å²) in [4.78, 5) is 34.9. The quantitative estimate of drug-likeness (QED) is 0.535. The van der Waals surface area contributed by atoms with Crippen LogP contribution in [0.3, 0.4) is 0 Å². The molecule has 0 saturated heterocycles. The van der Waals surface area contributed by atoms with Crippen LogP contribution in [-0.2, 0) is 13.1 Å². The van der Waals surface area contributed by atoms with Gasteiger partial charge in [-0.3, -0.25) is 9.59 Å². The molecule has 1 heterocycles. The molecule has 0 saturated carbocycles. The number of fused-ring (bicyclic) bond motifs is 1. The highest BCUT2D eigenvalue weighted by Gasteiger charge is 2.21. The van der Waals surface area contributed by atoms with Crippen LogP contribution in [0.4, 0.5) is 0 Å². The highest BCUT2D eigenvalue weighted by Crippen LogP contribution is 2.21. The van der Waals surface area contributed by atoms with Gasteiger partial charge in [0, 0.05) is 6.54 Å². The third kappa shape index (κ3) is 4.07. The second kappa shape index (κ2) is 8.61. The van der Waals surface area contributed by atoms with Crippen LogP contribution in [0.2, 0.25) is 0 Å². The van der Waals surface area contributed by atoms with Crippen molar-refractivity contribution in [2.45, 2.75) is 13.1 Å². The molecule has 0 bridgehead atoms. The molecule has 3 aromatic carbocycles. The fourth-order valence-electron chi connectivity index (χ4n) is 3.39. The molecule has 0 aliphatic heterocycles. The van der Waals surface area contributed by atoms with Crippen molar-refractivity contribution in [1.29, 1.82) is 0 Å². The maximum Gasteiger partial charge on any atom is 0.258 e. The first-order chi connectivity index (χ1) is 14.7. The zero-order valence-electron chi connectivity index (χ0n) is 16.5. The lowest BCUT2D eigenvalue weighted by Gasteiger charge is -2.23. The van der Waals surface area contributed by atoms with Gasteiger partial charge in [0.25, 0.3) is 11.5 Å². The third-order valence-corrected chi connectivity index (χ3v) is 4.84. The highest BCUT2D eigenvalue weighted by atomic mass is 16.5. The van der Waals surface area contributed by atoms with E-state index in [9.17, 15) is 9.59 Å². The minimum Gasteiger partial charge on any atom is -0.496 e. The van der Waals surface area contributed by atoms with Crippen LogP contribution < -0.4 is 10.3 Å². The Morgan fingerprint density at radius 2 is 1.63 bits per heavy atom. The minimum absolute atomic E-state index is 0.159. The van der Waals surface area contributed by atoms with Gasteiger partial charge in [-0.1, -0.05) is 54.6 Å². The topological polar surface area (TPSA) is 75.3 Å². The number of H-pyrrole nitrogens is 1. The average Bonchev–Trinajstić information content (AvgIpc) is 2.79. The Hall–Kier alpha value is -3.93. The Labute approximate surface area is 173 Å². The number of methoxy groups -OCH3 is 1. The van der Waals surface area contributed by atoms with E-state index in [4.69, 9.17) is 4.74 Å². The van der Waals surface area contributed by atoms with Gasteiger partial charge < -0.3 is 14.6 Å². The molecule has 1 amide bonds. The van der Waals surface area contributed by atoms with Crippen molar-refractivity contribution in [1.82, 2.24) is 14.9 Å². The molecular weight excluding hydrogens is 378 g/mol. The number of carbonyl (C=O) groups excluding carboxylic acids is 1. The summed E-state index contributed by atoms with van der Waals surface area (Å²) in [5.74, 6) is 0.727. The summed E-state index contributed by atoms with van der Waals surface area (Å²) < 4.78 is 5.37. The number of aromatic nitrogens is 2. The molecule has 0 aliphatic rings. The maximum absolute atomic E-state index is 13.4. The molecule has 6 heteroatoms. The van der Waals surface area contributed by atoms with Crippen LogP contribution in [0.1, 0.15) is 21.7 Å². The first-order valence-corrected chi connectivity index (χ1v) is 9.60. The van der Waals surface area contributed by atoms with Crippen LogP contribution in [0.15, 0.2) is 83.7 Å². The molecule has 30 heavy (non-hydrogen) atoms. The van der Waals surface area contributed by atoms with Gasteiger partial charge >= 0.3 is 0 Å². The van der Waals surface area contributed by atoms with E-state index in [1.807, 2.05) is 42.5 Å².